The average molecular weight is 340 g/mol. The highest BCUT2D eigenvalue weighted by Gasteiger charge is 2.25. The molecule has 20 heavy (non-hydrogen) atoms. The smallest absolute Gasteiger partial charge is 0.227 e. The van der Waals surface area contributed by atoms with Crippen LogP contribution in [0.4, 0.5) is 0 Å². The van der Waals surface area contributed by atoms with Crippen molar-refractivity contribution < 1.29 is 9.53 Å². The zero-order valence-electron chi connectivity index (χ0n) is 12.1. The lowest BCUT2D eigenvalue weighted by Gasteiger charge is -2.22. The van der Waals surface area contributed by atoms with Gasteiger partial charge in [-0.1, -0.05) is 41.9 Å². The lowest BCUT2D eigenvalue weighted by Crippen LogP contribution is -2.36. The minimum Gasteiger partial charge on any atom is -0.376 e. The van der Waals surface area contributed by atoms with Crippen LogP contribution in [0.25, 0.3) is 0 Å². The van der Waals surface area contributed by atoms with Crippen molar-refractivity contribution in [1.82, 2.24) is 5.32 Å². The lowest BCUT2D eigenvalue weighted by molar-refractivity contribution is -0.124. The SMILES string of the molecule is CC(C)C(C(=O)NCC1CCCO1)c1ccc(Br)cc1. The van der Waals surface area contributed by atoms with Crippen LogP contribution in [-0.2, 0) is 9.53 Å². The van der Waals surface area contributed by atoms with E-state index in [1.807, 2.05) is 24.3 Å². The minimum absolute atomic E-state index is 0.0952. The fourth-order valence-corrected chi connectivity index (χ4v) is 2.90. The molecule has 1 aliphatic rings. The van der Waals surface area contributed by atoms with Gasteiger partial charge in [0.1, 0.15) is 0 Å². The van der Waals surface area contributed by atoms with Gasteiger partial charge in [-0.15, -0.1) is 0 Å². The predicted octanol–water partition coefficient (Wildman–Crippen LogP) is 3.48. The molecule has 1 aromatic carbocycles. The lowest BCUT2D eigenvalue weighted by atomic mass is 9.87. The third-order valence-corrected chi connectivity index (χ3v) is 4.23. The van der Waals surface area contributed by atoms with Crippen LogP contribution in [0.3, 0.4) is 0 Å². The first-order valence-corrected chi connectivity index (χ1v) is 8.02. The number of benzene rings is 1. The zero-order valence-corrected chi connectivity index (χ0v) is 13.7. The first-order chi connectivity index (χ1) is 9.58. The largest absolute Gasteiger partial charge is 0.376 e. The summed E-state index contributed by atoms with van der Waals surface area (Å²) in [6.07, 6.45) is 2.34. The number of carbonyl (C=O) groups excluding carboxylic acids is 1. The van der Waals surface area contributed by atoms with Gasteiger partial charge in [0.2, 0.25) is 5.91 Å². The molecule has 0 bridgehead atoms. The Labute approximate surface area is 129 Å². The Morgan fingerprint density at radius 1 is 1.40 bits per heavy atom. The van der Waals surface area contributed by atoms with Crippen molar-refractivity contribution >= 4 is 21.8 Å². The third kappa shape index (κ3) is 4.06. The van der Waals surface area contributed by atoms with E-state index in [0.717, 1.165) is 29.5 Å². The molecule has 0 spiro atoms. The molecule has 4 heteroatoms. The summed E-state index contributed by atoms with van der Waals surface area (Å²) in [6.45, 7) is 5.61. The Balaban J connectivity index is 2.00. The molecule has 1 saturated heterocycles. The maximum atomic E-state index is 12.4. The van der Waals surface area contributed by atoms with E-state index in [4.69, 9.17) is 4.74 Å². The molecule has 0 aliphatic carbocycles. The van der Waals surface area contributed by atoms with Gasteiger partial charge in [0, 0.05) is 17.6 Å². The summed E-state index contributed by atoms with van der Waals surface area (Å²) in [5, 5.41) is 3.04. The first-order valence-electron chi connectivity index (χ1n) is 7.22. The van der Waals surface area contributed by atoms with E-state index in [1.165, 1.54) is 0 Å². The van der Waals surface area contributed by atoms with Gasteiger partial charge in [-0.05, 0) is 36.5 Å². The van der Waals surface area contributed by atoms with Gasteiger partial charge < -0.3 is 10.1 Å². The van der Waals surface area contributed by atoms with Crippen LogP contribution in [0.5, 0.6) is 0 Å². The zero-order chi connectivity index (χ0) is 14.5. The van der Waals surface area contributed by atoms with Crippen molar-refractivity contribution in [3.63, 3.8) is 0 Å². The standard InChI is InChI=1S/C16H22BrNO2/c1-11(2)15(12-5-7-13(17)8-6-12)16(19)18-10-14-4-3-9-20-14/h5-8,11,14-15H,3-4,9-10H2,1-2H3,(H,18,19). The number of hydrogen-bond donors (Lipinski definition) is 1. The van der Waals surface area contributed by atoms with E-state index in [9.17, 15) is 4.79 Å². The molecule has 3 nitrogen and oxygen atoms in total. The van der Waals surface area contributed by atoms with Crippen LogP contribution >= 0.6 is 15.9 Å². The second-order valence-electron chi connectivity index (χ2n) is 5.65. The molecular weight excluding hydrogens is 318 g/mol. The molecular formula is C16H22BrNO2. The Morgan fingerprint density at radius 3 is 2.65 bits per heavy atom. The molecule has 1 fully saturated rings. The number of hydrogen-bond acceptors (Lipinski definition) is 2. The fourth-order valence-electron chi connectivity index (χ4n) is 2.64. The summed E-state index contributed by atoms with van der Waals surface area (Å²) < 4.78 is 6.58. The second kappa shape index (κ2) is 7.23. The molecule has 110 valence electrons. The van der Waals surface area contributed by atoms with Crippen molar-refractivity contribution in [3.05, 3.63) is 34.3 Å². The summed E-state index contributed by atoms with van der Waals surface area (Å²) >= 11 is 3.43. The van der Waals surface area contributed by atoms with E-state index < -0.39 is 0 Å². The summed E-state index contributed by atoms with van der Waals surface area (Å²) in [5.74, 6) is 0.253. The molecule has 2 rings (SSSR count). The number of nitrogens with one attached hydrogen (secondary N) is 1. The average Bonchev–Trinajstić information content (AvgIpc) is 2.92. The van der Waals surface area contributed by atoms with Crippen LogP contribution in [0, 0.1) is 5.92 Å². The van der Waals surface area contributed by atoms with E-state index in [1.54, 1.807) is 0 Å². The highest BCUT2D eigenvalue weighted by molar-refractivity contribution is 9.10. The molecule has 0 radical (unpaired) electrons. The van der Waals surface area contributed by atoms with Gasteiger partial charge >= 0.3 is 0 Å². The van der Waals surface area contributed by atoms with Gasteiger partial charge in [0.15, 0.2) is 0 Å². The summed E-state index contributed by atoms with van der Waals surface area (Å²) in [6, 6.07) is 8.00. The van der Waals surface area contributed by atoms with Crippen LogP contribution in [-0.4, -0.2) is 25.2 Å². The van der Waals surface area contributed by atoms with Crippen molar-refractivity contribution in [2.24, 2.45) is 5.92 Å². The molecule has 1 aliphatic heterocycles. The maximum Gasteiger partial charge on any atom is 0.227 e. The molecule has 2 unspecified atom stereocenters. The molecule has 0 saturated carbocycles. The second-order valence-corrected chi connectivity index (χ2v) is 6.57. The highest BCUT2D eigenvalue weighted by atomic mass is 79.9. The van der Waals surface area contributed by atoms with Gasteiger partial charge in [-0.3, -0.25) is 4.79 Å². The molecule has 1 aromatic rings. The molecule has 0 aromatic heterocycles. The van der Waals surface area contributed by atoms with Crippen LogP contribution < -0.4 is 5.32 Å². The predicted molar refractivity (Wildman–Crippen MR) is 83.7 cm³/mol. The van der Waals surface area contributed by atoms with Crippen LogP contribution in [0.2, 0.25) is 0 Å². The molecule has 1 amide bonds. The van der Waals surface area contributed by atoms with Gasteiger partial charge in [0.25, 0.3) is 0 Å². The Morgan fingerprint density at radius 2 is 2.10 bits per heavy atom. The number of ether oxygens (including phenoxy) is 1. The van der Waals surface area contributed by atoms with Crippen molar-refractivity contribution in [1.29, 1.82) is 0 Å². The van der Waals surface area contributed by atoms with Crippen LogP contribution in [0.1, 0.15) is 38.2 Å². The highest BCUT2D eigenvalue weighted by Crippen LogP contribution is 2.26. The summed E-state index contributed by atoms with van der Waals surface area (Å²) in [4.78, 5) is 12.4. The summed E-state index contributed by atoms with van der Waals surface area (Å²) in [7, 11) is 0. The number of carbonyl (C=O) groups is 1. The monoisotopic (exact) mass is 339 g/mol. The van der Waals surface area contributed by atoms with Gasteiger partial charge in [-0.2, -0.15) is 0 Å². The maximum absolute atomic E-state index is 12.4. The van der Waals surface area contributed by atoms with Crippen molar-refractivity contribution in [3.8, 4) is 0 Å². The van der Waals surface area contributed by atoms with Gasteiger partial charge in [-0.25, -0.2) is 0 Å². The van der Waals surface area contributed by atoms with Crippen LogP contribution in [0.15, 0.2) is 28.7 Å². The minimum atomic E-state index is -0.107. The first kappa shape index (κ1) is 15.5. The van der Waals surface area contributed by atoms with E-state index in [-0.39, 0.29) is 23.8 Å². The molecule has 2 atom stereocenters. The molecule has 1 N–H and O–H groups in total. The normalized spacial score (nSPS) is 20.1. The van der Waals surface area contributed by atoms with Crippen molar-refractivity contribution in [2.45, 2.75) is 38.7 Å². The Hall–Kier alpha value is -0.870. The topological polar surface area (TPSA) is 38.3 Å². The van der Waals surface area contributed by atoms with Crippen molar-refractivity contribution in [2.75, 3.05) is 13.2 Å². The van der Waals surface area contributed by atoms with Gasteiger partial charge in [0.05, 0.1) is 12.0 Å². The number of amides is 1. The Kier molecular flexibility index (Phi) is 5.61. The molecule has 1 heterocycles. The summed E-state index contributed by atoms with van der Waals surface area (Å²) in [5.41, 5.74) is 1.06. The Bertz CT molecular complexity index is 438. The number of rotatable bonds is 5. The number of halogens is 1. The van der Waals surface area contributed by atoms with E-state index in [0.29, 0.717) is 6.54 Å². The van der Waals surface area contributed by atoms with E-state index >= 15 is 0 Å². The quantitative estimate of drug-likeness (QED) is 0.891. The van der Waals surface area contributed by atoms with E-state index in [2.05, 4.69) is 35.1 Å². The fraction of sp³-hybridized carbons (Fsp3) is 0.562. The third-order valence-electron chi connectivity index (χ3n) is 3.71.